The number of hydrogen-bond donors (Lipinski definition) is 1. The highest BCUT2D eigenvalue weighted by atomic mass is 16.3. The van der Waals surface area contributed by atoms with Crippen LogP contribution in [0.3, 0.4) is 0 Å². The third kappa shape index (κ3) is 3.79. The van der Waals surface area contributed by atoms with Gasteiger partial charge in [0.15, 0.2) is 0 Å². The summed E-state index contributed by atoms with van der Waals surface area (Å²) in [5.74, 6) is 0.245. The highest BCUT2D eigenvalue weighted by Crippen LogP contribution is 2.30. The quantitative estimate of drug-likeness (QED) is 0.690. The second-order valence-corrected chi connectivity index (χ2v) is 4.60. The van der Waals surface area contributed by atoms with Crippen LogP contribution in [0.4, 0.5) is 0 Å². The molecule has 1 saturated carbocycles. The van der Waals surface area contributed by atoms with E-state index in [4.69, 9.17) is 0 Å². The highest BCUT2D eigenvalue weighted by molar-refractivity contribution is 5.80. The van der Waals surface area contributed by atoms with Gasteiger partial charge in [-0.3, -0.25) is 4.79 Å². The first-order valence-electron chi connectivity index (χ1n) is 5.90. The summed E-state index contributed by atoms with van der Waals surface area (Å²) in [5.41, 5.74) is -0.650. The molecule has 2 nitrogen and oxygen atoms in total. The average Bonchev–Trinajstić information content (AvgIpc) is 2.12. The molecule has 0 saturated heterocycles. The summed E-state index contributed by atoms with van der Waals surface area (Å²) in [5, 5.41) is 10.1. The standard InChI is InChI=1S/C12H22O2/c1-2-3-4-5-8-12(14)9-6-7-11(13)10-12/h14H,2-10H2,1H3. The molecule has 0 bridgehead atoms. The fourth-order valence-corrected chi connectivity index (χ4v) is 2.25. The molecule has 0 amide bonds. The van der Waals surface area contributed by atoms with E-state index in [9.17, 15) is 9.90 Å². The SMILES string of the molecule is CCCCCCC1(O)CCCC(=O)C1. The predicted molar refractivity (Wildman–Crippen MR) is 57.2 cm³/mol. The largest absolute Gasteiger partial charge is 0.389 e. The van der Waals surface area contributed by atoms with E-state index >= 15 is 0 Å². The molecule has 0 heterocycles. The molecule has 14 heavy (non-hydrogen) atoms. The van der Waals surface area contributed by atoms with E-state index in [-0.39, 0.29) is 5.78 Å². The van der Waals surface area contributed by atoms with Gasteiger partial charge in [0.2, 0.25) is 0 Å². The highest BCUT2D eigenvalue weighted by Gasteiger charge is 2.32. The van der Waals surface area contributed by atoms with E-state index in [0.717, 1.165) is 25.7 Å². The number of rotatable bonds is 5. The summed E-state index contributed by atoms with van der Waals surface area (Å²) in [6.07, 6.45) is 8.31. The number of carbonyl (C=O) groups is 1. The monoisotopic (exact) mass is 198 g/mol. The van der Waals surface area contributed by atoms with Crippen molar-refractivity contribution < 1.29 is 9.90 Å². The smallest absolute Gasteiger partial charge is 0.135 e. The first-order valence-corrected chi connectivity index (χ1v) is 5.90. The maximum absolute atomic E-state index is 11.2. The van der Waals surface area contributed by atoms with Crippen LogP contribution in [-0.4, -0.2) is 16.5 Å². The molecule has 1 unspecified atom stereocenters. The van der Waals surface area contributed by atoms with Gasteiger partial charge in [0.1, 0.15) is 5.78 Å². The van der Waals surface area contributed by atoms with E-state index in [1.54, 1.807) is 0 Å². The van der Waals surface area contributed by atoms with Gasteiger partial charge in [0.25, 0.3) is 0 Å². The summed E-state index contributed by atoms with van der Waals surface area (Å²) in [6, 6.07) is 0. The van der Waals surface area contributed by atoms with Gasteiger partial charge in [-0.25, -0.2) is 0 Å². The topological polar surface area (TPSA) is 37.3 Å². The molecule has 1 fully saturated rings. The first kappa shape index (κ1) is 11.7. The third-order valence-corrected chi connectivity index (χ3v) is 3.12. The van der Waals surface area contributed by atoms with E-state index in [1.165, 1.54) is 19.3 Å². The molecule has 82 valence electrons. The molecule has 1 atom stereocenters. The summed E-state index contributed by atoms with van der Waals surface area (Å²) in [4.78, 5) is 11.2. The van der Waals surface area contributed by atoms with Crippen molar-refractivity contribution in [1.29, 1.82) is 0 Å². The van der Waals surface area contributed by atoms with Crippen molar-refractivity contribution in [3.8, 4) is 0 Å². The molecule has 0 aromatic carbocycles. The van der Waals surface area contributed by atoms with Crippen LogP contribution in [0.2, 0.25) is 0 Å². The van der Waals surface area contributed by atoms with Crippen molar-refractivity contribution in [2.45, 2.75) is 70.3 Å². The van der Waals surface area contributed by atoms with Crippen LogP contribution in [0.1, 0.15) is 64.7 Å². The van der Waals surface area contributed by atoms with Gasteiger partial charge in [-0.15, -0.1) is 0 Å². The van der Waals surface area contributed by atoms with Crippen LogP contribution in [0.15, 0.2) is 0 Å². The van der Waals surface area contributed by atoms with Crippen LogP contribution >= 0.6 is 0 Å². The molecule has 0 aromatic rings. The van der Waals surface area contributed by atoms with Gasteiger partial charge in [-0.1, -0.05) is 32.6 Å². The Bertz CT molecular complexity index is 189. The van der Waals surface area contributed by atoms with E-state index < -0.39 is 5.60 Å². The molecular weight excluding hydrogens is 176 g/mol. The Hall–Kier alpha value is -0.370. The predicted octanol–water partition coefficient (Wildman–Crippen LogP) is 2.83. The second kappa shape index (κ2) is 5.50. The summed E-state index contributed by atoms with van der Waals surface area (Å²) >= 11 is 0. The lowest BCUT2D eigenvalue weighted by Gasteiger charge is -2.31. The summed E-state index contributed by atoms with van der Waals surface area (Å²) < 4.78 is 0. The lowest BCUT2D eigenvalue weighted by Crippen LogP contribution is -2.35. The second-order valence-electron chi connectivity index (χ2n) is 4.60. The van der Waals surface area contributed by atoms with Crippen molar-refractivity contribution in [3.05, 3.63) is 0 Å². The Kier molecular flexibility index (Phi) is 4.59. The van der Waals surface area contributed by atoms with E-state index in [2.05, 4.69) is 6.92 Å². The number of Topliss-reactive ketones (excluding diaryl/α,β-unsaturated/α-hetero) is 1. The molecular formula is C12H22O2. The van der Waals surface area contributed by atoms with E-state index in [0.29, 0.717) is 12.8 Å². The van der Waals surface area contributed by atoms with Crippen molar-refractivity contribution in [2.24, 2.45) is 0 Å². The minimum absolute atomic E-state index is 0.245. The Morgan fingerprint density at radius 1 is 1.36 bits per heavy atom. The number of aliphatic hydroxyl groups is 1. The zero-order chi connectivity index (χ0) is 10.4. The zero-order valence-electron chi connectivity index (χ0n) is 9.22. The Labute approximate surface area is 86.7 Å². The summed E-state index contributed by atoms with van der Waals surface area (Å²) in [6.45, 7) is 2.18. The number of unbranched alkanes of at least 4 members (excludes halogenated alkanes) is 3. The lowest BCUT2D eigenvalue weighted by atomic mass is 9.80. The number of hydrogen-bond acceptors (Lipinski definition) is 2. The molecule has 2 heteroatoms. The molecule has 0 spiro atoms. The van der Waals surface area contributed by atoms with Gasteiger partial charge >= 0.3 is 0 Å². The van der Waals surface area contributed by atoms with Gasteiger partial charge in [-0.05, 0) is 19.3 Å². The van der Waals surface area contributed by atoms with E-state index in [1.807, 2.05) is 0 Å². The van der Waals surface area contributed by atoms with Gasteiger partial charge in [0.05, 0.1) is 5.60 Å². The van der Waals surface area contributed by atoms with Crippen LogP contribution in [0.25, 0.3) is 0 Å². The fourth-order valence-electron chi connectivity index (χ4n) is 2.25. The van der Waals surface area contributed by atoms with Gasteiger partial charge in [0, 0.05) is 12.8 Å². The zero-order valence-corrected chi connectivity index (χ0v) is 9.22. The maximum atomic E-state index is 11.2. The summed E-state index contributed by atoms with van der Waals surface area (Å²) in [7, 11) is 0. The first-order chi connectivity index (χ1) is 6.66. The van der Waals surface area contributed by atoms with Crippen LogP contribution in [0.5, 0.6) is 0 Å². The van der Waals surface area contributed by atoms with Crippen LogP contribution < -0.4 is 0 Å². The lowest BCUT2D eigenvalue weighted by molar-refractivity contribution is -0.128. The average molecular weight is 198 g/mol. The normalized spacial score (nSPS) is 28.0. The molecule has 1 N–H and O–H groups in total. The van der Waals surface area contributed by atoms with Crippen molar-refractivity contribution >= 4 is 5.78 Å². The molecule has 0 aromatic heterocycles. The third-order valence-electron chi connectivity index (χ3n) is 3.12. The Morgan fingerprint density at radius 3 is 2.79 bits per heavy atom. The van der Waals surface area contributed by atoms with Crippen molar-refractivity contribution in [1.82, 2.24) is 0 Å². The Morgan fingerprint density at radius 2 is 2.14 bits per heavy atom. The fraction of sp³-hybridized carbons (Fsp3) is 0.917. The van der Waals surface area contributed by atoms with Crippen molar-refractivity contribution in [3.63, 3.8) is 0 Å². The number of ketones is 1. The molecule has 1 aliphatic rings. The molecule has 1 aliphatic carbocycles. The van der Waals surface area contributed by atoms with Gasteiger partial charge in [-0.2, -0.15) is 0 Å². The Balaban J connectivity index is 2.23. The van der Waals surface area contributed by atoms with Crippen molar-refractivity contribution in [2.75, 3.05) is 0 Å². The minimum Gasteiger partial charge on any atom is -0.389 e. The number of carbonyl (C=O) groups excluding carboxylic acids is 1. The van der Waals surface area contributed by atoms with Gasteiger partial charge < -0.3 is 5.11 Å². The molecule has 0 aliphatic heterocycles. The minimum atomic E-state index is -0.650. The molecule has 1 rings (SSSR count). The maximum Gasteiger partial charge on any atom is 0.135 e. The van der Waals surface area contributed by atoms with Crippen LogP contribution in [0, 0.1) is 0 Å². The molecule has 0 radical (unpaired) electrons. The van der Waals surface area contributed by atoms with Crippen LogP contribution in [-0.2, 0) is 4.79 Å².